The van der Waals surface area contributed by atoms with Crippen LogP contribution in [0.2, 0.25) is 0 Å². The van der Waals surface area contributed by atoms with Gasteiger partial charge in [-0.15, -0.1) is 11.3 Å². The number of halogens is 3. The van der Waals surface area contributed by atoms with Crippen LogP contribution in [-0.2, 0) is 12.7 Å². The van der Waals surface area contributed by atoms with Crippen molar-refractivity contribution in [1.29, 1.82) is 0 Å². The lowest BCUT2D eigenvalue weighted by atomic mass is 10.1. The molecule has 0 atom stereocenters. The van der Waals surface area contributed by atoms with Crippen LogP contribution in [0, 0.1) is 6.92 Å². The number of amides is 1. The number of hydrogen-bond donors (Lipinski definition) is 1. The summed E-state index contributed by atoms with van der Waals surface area (Å²) in [7, 11) is 0. The number of rotatable bonds is 3. The van der Waals surface area contributed by atoms with Crippen molar-refractivity contribution in [3.8, 4) is 0 Å². The fourth-order valence-electron chi connectivity index (χ4n) is 1.68. The molecule has 0 bridgehead atoms. The van der Waals surface area contributed by atoms with Crippen LogP contribution >= 0.6 is 11.3 Å². The highest BCUT2D eigenvalue weighted by atomic mass is 32.1. The summed E-state index contributed by atoms with van der Waals surface area (Å²) in [5.74, 6) is -0.761. The van der Waals surface area contributed by atoms with Gasteiger partial charge in [0.05, 0.1) is 28.4 Å². The number of nitrogens with zero attached hydrogens (tertiary/aromatic N) is 1. The van der Waals surface area contributed by atoms with E-state index in [1.54, 1.807) is 5.38 Å². The van der Waals surface area contributed by atoms with Crippen molar-refractivity contribution < 1.29 is 18.0 Å². The van der Waals surface area contributed by atoms with Crippen LogP contribution in [0.25, 0.3) is 0 Å². The molecule has 0 saturated carbocycles. The van der Waals surface area contributed by atoms with Gasteiger partial charge < -0.3 is 5.32 Å². The van der Waals surface area contributed by atoms with Crippen LogP contribution in [0.3, 0.4) is 0 Å². The highest BCUT2D eigenvalue weighted by Gasteiger charge is 2.34. The number of aryl methyl sites for hydroxylation is 1. The Balaban J connectivity index is 2.13. The van der Waals surface area contributed by atoms with Gasteiger partial charge in [0.25, 0.3) is 5.91 Å². The predicted molar refractivity (Wildman–Crippen MR) is 69.5 cm³/mol. The van der Waals surface area contributed by atoms with Gasteiger partial charge in [-0.2, -0.15) is 13.2 Å². The lowest BCUT2D eigenvalue weighted by Gasteiger charge is -2.12. The van der Waals surface area contributed by atoms with Crippen LogP contribution in [-0.4, -0.2) is 10.9 Å². The molecule has 0 spiro atoms. The zero-order valence-corrected chi connectivity index (χ0v) is 11.3. The summed E-state index contributed by atoms with van der Waals surface area (Å²) in [4.78, 5) is 16.0. The monoisotopic (exact) mass is 300 g/mol. The van der Waals surface area contributed by atoms with Gasteiger partial charge in [0, 0.05) is 5.38 Å². The molecule has 0 fully saturated rings. The summed E-state index contributed by atoms with van der Waals surface area (Å²) in [6, 6.07) is 4.70. The number of hydrogen-bond acceptors (Lipinski definition) is 3. The largest absolute Gasteiger partial charge is 0.417 e. The third kappa shape index (κ3) is 3.36. The molecule has 1 aromatic heterocycles. The maximum absolute atomic E-state index is 12.8. The fraction of sp³-hybridized carbons (Fsp3) is 0.231. The highest BCUT2D eigenvalue weighted by Crippen LogP contribution is 2.31. The molecule has 106 valence electrons. The number of nitrogens with one attached hydrogen (secondary N) is 1. The van der Waals surface area contributed by atoms with Gasteiger partial charge in [0.2, 0.25) is 0 Å². The van der Waals surface area contributed by atoms with Crippen LogP contribution in [0.1, 0.15) is 26.6 Å². The molecule has 1 aromatic carbocycles. The average molecular weight is 300 g/mol. The van der Waals surface area contributed by atoms with E-state index in [1.807, 2.05) is 6.92 Å². The van der Waals surface area contributed by atoms with Crippen molar-refractivity contribution in [2.45, 2.75) is 19.6 Å². The van der Waals surface area contributed by atoms with E-state index in [0.29, 0.717) is 5.69 Å². The second kappa shape index (κ2) is 5.62. The zero-order chi connectivity index (χ0) is 14.8. The molecular formula is C13H11F3N2OS. The topological polar surface area (TPSA) is 42.0 Å². The van der Waals surface area contributed by atoms with Crippen LogP contribution in [0.15, 0.2) is 29.6 Å². The predicted octanol–water partition coefficient (Wildman–Crippen LogP) is 3.40. The normalized spacial score (nSPS) is 11.4. The number of aromatic nitrogens is 1. The summed E-state index contributed by atoms with van der Waals surface area (Å²) >= 11 is 1.42. The molecule has 0 saturated heterocycles. The van der Waals surface area contributed by atoms with E-state index >= 15 is 0 Å². The Hall–Kier alpha value is -1.89. The number of carbonyl (C=O) groups is 1. The Morgan fingerprint density at radius 3 is 2.65 bits per heavy atom. The standard InChI is InChI=1S/C13H11F3N2OS/c1-8-18-9(7-20-8)6-17-12(19)10-4-2-3-5-11(10)13(14,15)16/h2-5,7H,6H2,1H3,(H,17,19). The minimum atomic E-state index is -4.55. The molecule has 3 nitrogen and oxygen atoms in total. The summed E-state index contributed by atoms with van der Waals surface area (Å²) in [5, 5.41) is 5.04. The van der Waals surface area contributed by atoms with E-state index in [2.05, 4.69) is 10.3 Å². The molecule has 20 heavy (non-hydrogen) atoms. The molecule has 0 aliphatic rings. The van der Waals surface area contributed by atoms with Gasteiger partial charge in [-0.1, -0.05) is 12.1 Å². The van der Waals surface area contributed by atoms with E-state index in [-0.39, 0.29) is 12.1 Å². The van der Waals surface area contributed by atoms with Crippen molar-refractivity contribution in [2.75, 3.05) is 0 Å². The SMILES string of the molecule is Cc1nc(CNC(=O)c2ccccc2C(F)(F)F)cs1. The lowest BCUT2D eigenvalue weighted by molar-refractivity contribution is -0.137. The van der Waals surface area contributed by atoms with Crippen molar-refractivity contribution in [1.82, 2.24) is 10.3 Å². The average Bonchev–Trinajstić information content (AvgIpc) is 2.81. The third-order valence-corrected chi connectivity index (χ3v) is 3.40. The molecule has 2 aromatic rings. The second-order valence-electron chi connectivity index (χ2n) is 4.08. The zero-order valence-electron chi connectivity index (χ0n) is 10.5. The number of alkyl halides is 3. The van der Waals surface area contributed by atoms with E-state index in [1.165, 1.54) is 23.5 Å². The lowest BCUT2D eigenvalue weighted by Crippen LogP contribution is -2.26. The minimum absolute atomic E-state index is 0.107. The molecule has 1 N–H and O–H groups in total. The molecule has 7 heteroatoms. The Kier molecular flexibility index (Phi) is 4.08. The number of thiazole rings is 1. The third-order valence-electron chi connectivity index (χ3n) is 2.57. The molecule has 0 aliphatic heterocycles. The van der Waals surface area contributed by atoms with Gasteiger partial charge >= 0.3 is 6.18 Å². The van der Waals surface area contributed by atoms with Crippen molar-refractivity contribution in [2.24, 2.45) is 0 Å². The van der Waals surface area contributed by atoms with Crippen molar-refractivity contribution in [3.05, 3.63) is 51.5 Å². The number of carbonyl (C=O) groups excluding carboxylic acids is 1. The second-order valence-corrected chi connectivity index (χ2v) is 5.15. The first-order valence-corrected chi connectivity index (χ1v) is 6.61. The Morgan fingerprint density at radius 1 is 1.35 bits per heavy atom. The van der Waals surface area contributed by atoms with Gasteiger partial charge in [0.1, 0.15) is 0 Å². The van der Waals surface area contributed by atoms with Gasteiger partial charge in [-0.25, -0.2) is 4.98 Å². The summed E-state index contributed by atoms with van der Waals surface area (Å²) in [6.45, 7) is 1.92. The quantitative estimate of drug-likeness (QED) is 0.944. The fourth-order valence-corrected chi connectivity index (χ4v) is 2.30. The van der Waals surface area contributed by atoms with Crippen molar-refractivity contribution in [3.63, 3.8) is 0 Å². The van der Waals surface area contributed by atoms with E-state index in [4.69, 9.17) is 0 Å². The van der Waals surface area contributed by atoms with E-state index in [9.17, 15) is 18.0 Å². The van der Waals surface area contributed by atoms with Gasteiger partial charge in [0.15, 0.2) is 0 Å². The highest BCUT2D eigenvalue weighted by molar-refractivity contribution is 7.09. The number of benzene rings is 1. The molecule has 0 aliphatic carbocycles. The van der Waals surface area contributed by atoms with Gasteiger partial charge in [-0.05, 0) is 19.1 Å². The van der Waals surface area contributed by atoms with Crippen LogP contribution in [0.5, 0.6) is 0 Å². The van der Waals surface area contributed by atoms with Crippen LogP contribution < -0.4 is 5.32 Å². The molecule has 0 radical (unpaired) electrons. The smallest absolute Gasteiger partial charge is 0.346 e. The van der Waals surface area contributed by atoms with Gasteiger partial charge in [-0.3, -0.25) is 4.79 Å². The van der Waals surface area contributed by atoms with Crippen LogP contribution in [0.4, 0.5) is 13.2 Å². The molecular weight excluding hydrogens is 289 g/mol. The Bertz CT molecular complexity index is 622. The summed E-state index contributed by atoms with van der Waals surface area (Å²) in [5.41, 5.74) is -0.691. The maximum atomic E-state index is 12.8. The molecule has 1 amide bonds. The molecule has 1 heterocycles. The molecule has 2 rings (SSSR count). The van der Waals surface area contributed by atoms with Crippen molar-refractivity contribution >= 4 is 17.2 Å². The Morgan fingerprint density at radius 2 is 2.05 bits per heavy atom. The first-order chi connectivity index (χ1) is 9.38. The first kappa shape index (κ1) is 14.5. The summed E-state index contributed by atoms with van der Waals surface area (Å²) in [6.07, 6.45) is -4.55. The molecule has 0 unspecified atom stereocenters. The maximum Gasteiger partial charge on any atom is 0.417 e. The Labute approximate surface area is 117 Å². The van der Waals surface area contributed by atoms with E-state index in [0.717, 1.165) is 17.1 Å². The minimum Gasteiger partial charge on any atom is -0.346 e. The first-order valence-electron chi connectivity index (χ1n) is 5.73. The van der Waals surface area contributed by atoms with E-state index < -0.39 is 17.6 Å². The summed E-state index contributed by atoms with van der Waals surface area (Å²) < 4.78 is 38.4.